The van der Waals surface area contributed by atoms with E-state index in [4.69, 9.17) is 25.4 Å². The van der Waals surface area contributed by atoms with Crippen LogP contribution in [0.4, 0.5) is 15.2 Å². The molecule has 4 aromatic rings. The third-order valence-corrected chi connectivity index (χ3v) is 9.55. The third-order valence-electron chi connectivity index (χ3n) is 8.52. The van der Waals surface area contributed by atoms with Crippen LogP contribution in [0.25, 0.3) is 32.2 Å². The number of ether oxygens (including phenoxy) is 1. The number of likely N-dealkylation sites (tertiary alicyclic amines) is 1. The Morgan fingerprint density at radius 1 is 1.32 bits per heavy atom. The third kappa shape index (κ3) is 4.70. The van der Waals surface area contributed by atoms with E-state index in [1.807, 2.05) is 6.07 Å². The topological polar surface area (TPSA) is 116 Å². The Labute approximate surface area is 236 Å². The lowest BCUT2D eigenvalue weighted by Crippen LogP contribution is -2.54. The van der Waals surface area contributed by atoms with E-state index in [0.29, 0.717) is 51.2 Å². The van der Waals surface area contributed by atoms with Crippen LogP contribution in [0.5, 0.6) is 6.01 Å². The summed E-state index contributed by atoms with van der Waals surface area (Å²) in [4.78, 5) is 18.8. The quantitative estimate of drug-likeness (QED) is 0.316. The number of benzene rings is 1. The van der Waals surface area contributed by atoms with E-state index >= 15 is 0 Å². The normalized spacial score (nSPS) is 18.8. The number of thiophene rings is 1. The molecule has 0 amide bonds. The molecule has 1 saturated carbocycles. The number of nitrogens with two attached hydrogens (primary N) is 1. The van der Waals surface area contributed by atoms with Crippen molar-refractivity contribution in [1.82, 2.24) is 24.8 Å². The maximum absolute atomic E-state index is 14.7. The molecule has 0 radical (unpaired) electrons. The Hall–Kier alpha value is -3.59. The van der Waals surface area contributed by atoms with Gasteiger partial charge in [-0.15, -0.1) is 11.3 Å². The van der Waals surface area contributed by atoms with Gasteiger partial charge in [0.25, 0.3) is 0 Å². The fraction of sp³-hybridized carbons (Fsp3) is 0.448. The number of aromatic nitrogens is 3. The van der Waals surface area contributed by atoms with Gasteiger partial charge in [-0.3, -0.25) is 4.98 Å². The Morgan fingerprint density at radius 2 is 2.15 bits per heavy atom. The molecule has 9 nitrogen and oxygen atoms in total. The van der Waals surface area contributed by atoms with Crippen LogP contribution < -0.4 is 15.8 Å². The van der Waals surface area contributed by atoms with Crippen molar-refractivity contribution in [2.24, 2.45) is 5.92 Å². The first kappa shape index (κ1) is 26.6. The van der Waals surface area contributed by atoms with Crippen LogP contribution >= 0.6 is 11.3 Å². The molecule has 4 heterocycles. The minimum absolute atomic E-state index is 0.0897. The van der Waals surface area contributed by atoms with Crippen molar-refractivity contribution in [2.75, 3.05) is 58.4 Å². The molecule has 2 fully saturated rings. The van der Waals surface area contributed by atoms with Gasteiger partial charge in [-0.1, -0.05) is 0 Å². The van der Waals surface area contributed by atoms with E-state index < -0.39 is 5.82 Å². The van der Waals surface area contributed by atoms with Crippen LogP contribution in [0, 0.1) is 23.1 Å². The molecule has 0 spiro atoms. The maximum atomic E-state index is 14.7. The van der Waals surface area contributed by atoms with Crippen LogP contribution in [0.15, 0.2) is 24.4 Å². The van der Waals surface area contributed by atoms with Gasteiger partial charge in [0.15, 0.2) is 0 Å². The smallest absolute Gasteiger partial charge is 0.318 e. The number of hydrogen-bond acceptors (Lipinski definition) is 10. The number of pyridine rings is 1. The molecule has 11 heteroatoms. The molecule has 1 saturated heterocycles. The summed E-state index contributed by atoms with van der Waals surface area (Å²) in [6.07, 6.45) is 6.29. The average molecular weight is 561 g/mol. The second-order valence-electron chi connectivity index (χ2n) is 11.2. The van der Waals surface area contributed by atoms with E-state index in [2.05, 4.69) is 42.3 Å². The minimum atomic E-state index is -0.411. The summed E-state index contributed by atoms with van der Waals surface area (Å²) in [5, 5.41) is 14.9. The van der Waals surface area contributed by atoms with Gasteiger partial charge >= 0.3 is 6.01 Å². The molecule has 1 aliphatic heterocycles. The molecule has 1 atom stereocenters. The molecule has 2 aliphatic rings. The van der Waals surface area contributed by atoms with Gasteiger partial charge < -0.3 is 25.6 Å². The number of nitriles is 1. The number of nitrogens with one attached hydrogen (secondary N) is 1. The molecule has 1 aromatic carbocycles. The summed E-state index contributed by atoms with van der Waals surface area (Å²) in [6, 6.07) is 7.34. The second kappa shape index (κ2) is 10.4. The summed E-state index contributed by atoms with van der Waals surface area (Å²) < 4.78 is 21.1. The first-order chi connectivity index (χ1) is 19.3. The highest BCUT2D eigenvalue weighted by Gasteiger charge is 2.39. The lowest BCUT2D eigenvalue weighted by molar-refractivity contribution is 0.0738. The number of anilines is 2. The van der Waals surface area contributed by atoms with Gasteiger partial charge in [0.05, 0.1) is 33.5 Å². The average Bonchev–Trinajstić information content (AvgIpc) is 3.48. The van der Waals surface area contributed by atoms with Crippen molar-refractivity contribution in [3.05, 3.63) is 35.8 Å². The summed E-state index contributed by atoms with van der Waals surface area (Å²) in [7, 11) is 6.36. The summed E-state index contributed by atoms with van der Waals surface area (Å²) in [5.41, 5.74) is 8.29. The SMILES string of the molecule is CN1CC[C@H](COc2nc(NCC3(N(C)C)CCC3)c3cnc(-c4ccc(F)c5sc(N)c(C#N)c45)cc3n2)C1. The van der Waals surface area contributed by atoms with E-state index in [-0.39, 0.29) is 16.1 Å². The standard InChI is InChI=1S/C29H33FN8OS/c1-37(2)29(8-4-9-29)16-34-27-20-13-33-22(18-5-6-21(30)25-24(18)19(12-31)26(32)40-25)11-23(20)35-28(36-27)39-15-17-7-10-38(3)14-17/h5-6,11,13,17H,4,7-10,14-16,32H2,1-3H3,(H,34,35,36)/t17-/m0/s1. The fourth-order valence-corrected chi connectivity index (χ4v) is 6.78. The first-order valence-corrected chi connectivity index (χ1v) is 14.4. The van der Waals surface area contributed by atoms with Gasteiger partial charge in [0.1, 0.15) is 22.7 Å². The lowest BCUT2D eigenvalue weighted by atomic mass is 9.75. The van der Waals surface area contributed by atoms with Crippen LogP contribution in [-0.2, 0) is 0 Å². The predicted molar refractivity (Wildman–Crippen MR) is 157 cm³/mol. The predicted octanol–water partition coefficient (Wildman–Crippen LogP) is 4.73. The van der Waals surface area contributed by atoms with Gasteiger partial charge in [-0.25, -0.2) is 4.39 Å². The van der Waals surface area contributed by atoms with E-state index in [0.717, 1.165) is 55.6 Å². The van der Waals surface area contributed by atoms with Crippen LogP contribution in [0.1, 0.15) is 31.2 Å². The molecule has 0 unspecified atom stereocenters. The van der Waals surface area contributed by atoms with E-state index in [9.17, 15) is 9.65 Å². The van der Waals surface area contributed by atoms with Gasteiger partial charge in [-0.2, -0.15) is 15.2 Å². The van der Waals surface area contributed by atoms with Crippen molar-refractivity contribution in [2.45, 2.75) is 31.2 Å². The van der Waals surface area contributed by atoms with Crippen molar-refractivity contribution in [1.29, 1.82) is 5.26 Å². The largest absolute Gasteiger partial charge is 0.463 e. The van der Waals surface area contributed by atoms with Crippen LogP contribution in [0.3, 0.4) is 0 Å². The zero-order valence-corrected chi connectivity index (χ0v) is 23.8. The zero-order chi connectivity index (χ0) is 28.0. The number of halogens is 1. The van der Waals surface area contributed by atoms with Crippen molar-refractivity contribution in [3.8, 4) is 23.3 Å². The number of nitrogen functional groups attached to an aromatic ring is 1. The Bertz CT molecular complexity index is 1630. The number of fused-ring (bicyclic) bond motifs is 2. The maximum Gasteiger partial charge on any atom is 0.318 e. The molecule has 1 aliphatic carbocycles. The Balaban J connectivity index is 1.41. The molecule has 6 rings (SSSR count). The highest BCUT2D eigenvalue weighted by atomic mass is 32.1. The van der Waals surface area contributed by atoms with Gasteiger partial charge in [-0.05, 0) is 71.6 Å². The second-order valence-corrected chi connectivity index (χ2v) is 12.3. The number of likely N-dealkylation sites (N-methyl/N-ethyl adjacent to an activating group) is 1. The molecule has 208 valence electrons. The van der Waals surface area contributed by atoms with Crippen molar-refractivity contribution < 1.29 is 9.13 Å². The number of rotatable bonds is 8. The fourth-order valence-electron chi connectivity index (χ4n) is 5.83. The monoisotopic (exact) mass is 560 g/mol. The lowest BCUT2D eigenvalue weighted by Gasteiger charge is -2.47. The van der Waals surface area contributed by atoms with E-state index in [1.54, 1.807) is 12.3 Å². The molecule has 3 N–H and O–H groups in total. The molecule has 0 bridgehead atoms. The number of hydrogen-bond donors (Lipinski definition) is 2. The zero-order valence-electron chi connectivity index (χ0n) is 23.0. The van der Waals surface area contributed by atoms with Crippen LogP contribution in [-0.4, -0.2) is 77.7 Å². The molecule has 3 aromatic heterocycles. The summed E-state index contributed by atoms with van der Waals surface area (Å²) in [6.45, 7) is 3.35. The first-order valence-electron chi connectivity index (χ1n) is 13.6. The number of nitrogens with zero attached hydrogens (tertiary/aromatic N) is 6. The minimum Gasteiger partial charge on any atom is -0.463 e. The van der Waals surface area contributed by atoms with E-state index in [1.165, 1.54) is 12.5 Å². The Morgan fingerprint density at radius 3 is 2.83 bits per heavy atom. The summed E-state index contributed by atoms with van der Waals surface area (Å²) >= 11 is 1.07. The highest BCUT2D eigenvalue weighted by Crippen LogP contribution is 2.41. The van der Waals surface area contributed by atoms with Gasteiger partial charge in [0, 0.05) is 41.7 Å². The van der Waals surface area contributed by atoms with Crippen molar-refractivity contribution in [3.63, 3.8) is 0 Å². The highest BCUT2D eigenvalue weighted by molar-refractivity contribution is 7.23. The van der Waals surface area contributed by atoms with Gasteiger partial charge in [0.2, 0.25) is 0 Å². The molecule has 40 heavy (non-hydrogen) atoms. The van der Waals surface area contributed by atoms with Crippen LogP contribution in [0.2, 0.25) is 0 Å². The Kier molecular flexibility index (Phi) is 6.94. The summed E-state index contributed by atoms with van der Waals surface area (Å²) in [5.74, 6) is 0.699. The molecular formula is C29H33FN8OS. The molecular weight excluding hydrogens is 527 g/mol. The van der Waals surface area contributed by atoms with Crippen molar-refractivity contribution >= 4 is 43.1 Å².